The van der Waals surface area contributed by atoms with E-state index in [2.05, 4.69) is 5.32 Å². The first-order valence-corrected chi connectivity index (χ1v) is 11.0. The van der Waals surface area contributed by atoms with Gasteiger partial charge in [-0.1, -0.05) is 0 Å². The van der Waals surface area contributed by atoms with Crippen molar-refractivity contribution in [2.45, 2.75) is 18.9 Å². The number of hydrogen-bond acceptors (Lipinski definition) is 9. The quantitative estimate of drug-likeness (QED) is 0.204. The van der Waals surface area contributed by atoms with E-state index in [4.69, 9.17) is 0 Å². The summed E-state index contributed by atoms with van der Waals surface area (Å²) >= 11 is 0. The zero-order valence-electron chi connectivity index (χ0n) is 19.4. The summed E-state index contributed by atoms with van der Waals surface area (Å²) in [6.45, 7) is 0.880. The van der Waals surface area contributed by atoms with Crippen LogP contribution in [0.3, 0.4) is 0 Å². The maximum Gasteiger partial charge on any atom is 0.320 e. The molecule has 1 amide bonds. The molecule has 1 unspecified atom stereocenters. The Morgan fingerprint density at radius 2 is 1.03 bits per heavy atom. The number of nitrogens with zero attached hydrogens (tertiary/aromatic N) is 4. The predicted molar refractivity (Wildman–Crippen MR) is 119 cm³/mol. The summed E-state index contributed by atoms with van der Waals surface area (Å²) in [6, 6.07) is -1.01. The minimum absolute atomic E-state index is 0.00814. The minimum Gasteiger partial charge on any atom is -0.480 e. The van der Waals surface area contributed by atoms with Crippen LogP contribution in [0.1, 0.15) is 12.8 Å². The SMILES string of the molecule is CNC(=O)CCC(C(=O)O)N1CCN(CC(=O)O)CCN(CC(=O)O)CCN(CC(=O)O)CC1. The van der Waals surface area contributed by atoms with Gasteiger partial charge in [0.2, 0.25) is 5.91 Å². The molecule has 1 saturated heterocycles. The van der Waals surface area contributed by atoms with Gasteiger partial charge in [-0.3, -0.25) is 43.6 Å². The van der Waals surface area contributed by atoms with E-state index in [0.717, 1.165) is 0 Å². The number of amides is 1. The highest BCUT2D eigenvalue weighted by molar-refractivity contribution is 5.78. The monoisotopic (exact) mass is 489 g/mol. The lowest BCUT2D eigenvalue weighted by molar-refractivity contribution is -0.145. The summed E-state index contributed by atoms with van der Waals surface area (Å²) in [4.78, 5) is 64.0. The lowest BCUT2D eigenvalue weighted by atomic mass is 10.1. The van der Waals surface area contributed by atoms with Crippen LogP contribution in [0.25, 0.3) is 0 Å². The molecule has 1 fully saturated rings. The normalized spacial score (nSPS) is 18.9. The summed E-state index contributed by atoms with van der Waals surface area (Å²) in [6.07, 6.45) is 0.0328. The highest BCUT2D eigenvalue weighted by Crippen LogP contribution is 2.10. The second-order valence-corrected chi connectivity index (χ2v) is 8.11. The number of aliphatic carboxylic acids is 4. The number of rotatable bonds is 11. The maximum atomic E-state index is 12.0. The van der Waals surface area contributed by atoms with E-state index in [1.807, 2.05) is 0 Å². The van der Waals surface area contributed by atoms with Crippen LogP contribution < -0.4 is 5.32 Å². The fourth-order valence-electron chi connectivity index (χ4n) is 3.77. The molecule has 1 rings (SSSR count). The standard InChI is InChI=1S/C20H35N5O9/c1-21-16(26)3-2-15(20(33)34)25-10-8-23(13-18(29)30)6-4-22(12-17(27)28)5-7-24(9-11-25)14-19(31)32/h15H,2-14H2,1H3,(H,21,26)(H,27,28)(H,29,30)(H,31,32)(H,33,34). The van der Waals surface area contributed by atoms with Crippen molar-refractivity contribution in [3.63, 3.8) is 0 Å². The van der Waals surface area contributed by atoms with E-state index in [1.165, 1.54) is 7.05 Å². The molecule has 1 aliphatic rings. The molecule has 1 heterocycles. The first-order valence-electron chi connectivity index (χ1n) is 11.0. The molecule has 0 aliphatic carbocycles. The Kier molecular flexibility index (Phi) is 13.0. The topological polar surface area (TPSA) is 191 Å². The number of carbonyl (C=O) groups is 5. The molecule has 0 bridgehead atoms. The van der Waals surface area contributed by atoms with Crippen LogP contribution in [0.4, 0.5) is 0 Å². The van der Waals surface area contributed by atoms with Crippen LogP contribution >= 0.6 is 0 Å². The molecule has 0 aromatic rings. The van der Waals surface area contributed by atoms with Gasteiger partial charge in [-0.15, -0.1) is 0 Å². The van der Waals surface area contributed by atoms with Crippen molar-refractivity contribution in [3.8, 4) is 0 Å². The third kappa shape index (κ3) is 11.9. The fourth-order valence-corrected chi connectivity index (χ4v) is 3.77. The van der Waals surface area contributed by atoms with Gasteiger partial charge in [-0.05, 0) is 6.42 Å². The van der Waals surface area contributed by atoms with Crippen LogP contribution in [-0.2, 0) is 24.0 Å². The maximum absolute atomic E-state index is 12.0. The Balaban J connectivity index is 3.11. The third-order valence-electron chi connectivity index (χ3n) is 5.60. The van der Waals surface area contributed by atoms with E-state index in [-0.39, 0.29) is 90.7 Å². The highest BCUT2D eigenvalue weighted by atomic mass is 16.4. The molecule has 0 aromatic heterocycles. The molecule has 34 heavy (non-hydrogen) atoms. The third-order valence-corrected chi connectivity index (χ3v) is 5.60. The summed E-state index contributed by atoms with van der Waals surface area (Å²) in [5.41, 5.74) is 0. The van der Waals surface area contributed by atoms with Crippen molar-refractivity contribution in [3.05, 3.63) is 0 Å². The smallest absolute Gasteiger partial charge is 0.320 e. The lowest BCUT2D eigenvalue weighted by Gasteiger charge is -2.35. The van der Waals surface area contributed by atoms with E-state index >= 15 is 0 Å². The molecule has 5 N–H and O–H groups in total. The van der Waals surface area contributed by atoms with Gasteiger partial charge in [0.05, 0.1) is 19.6 Å². The van der Waals surface area contributed by atoms with Gasteiger partial charge in [-0.2, -0.15) is 0 Å². The first kappa shape index (κ1) is 29.2. The zero-order valence-corrected chi connectivity index (χ0v) is 19.4. The molecule has 194 valence electrons. The molecular weight excluding hydrogens is 454 g/mol. The largest absolute Gasteiger partial charge is 0.480 e. The van der Waals surface area contributed by atoms with Crippen LogP contribution in [0.15, 0.2) is 0 Å². The second-order valence-electron chi connectivity index (χ2n) is 8.11. The van der Waals surface area contributed by atoms with Gasteiger partial charge in [0.25, 0.3) is 0 Å². The van der Waals surface area contributed by atoms with Gasteiger partial charge in [0.1, 0.15) is 6.04 Å². The molecule has 14 nitrogen and oxygen atoms in total. The van der Waals surface area contributed by atoms with Gasteiger partial charge in [-0.25, -0.2) is 0 Å². The number of carboxylic acid groups (broad SMARTS) is 4. The van der Waals surface area contributed by atoms with Crippen LogP contribution in [0.5, 0.6) is 0 Å². The summed E-state index contributed by atoms with van der Waals surface area (Å²) in [5, 5.41) is 39.9. The van der Waals surface area contributed by atoms with E-state index in [1.54, 1.807) is 19.6 Å². The summed E-state index contributed by atoms with van der Waals surface area (Å²) < 4.78 is 0. The molecule has 0 aromatic carbocycles. The number of carbonyl (C=O) groups excluding carboxylic acids is 1. The molecule has 1 atom stereocenters. The molecule has 0 radical (unpaired) electrons. The molecule has 0 spiro atoms. The summed E-state index contributed by atoms with van der Waals surface area (Å²) in [5.74, 6) is -4.61. The van der Waals surface area contributed by atoms with E-state index < -0.39 is 29.9 Å². The Hall–Kier alpha value is -2.81. The van der Waals surface area contributed by atoms with Crippen molar-refractivity contribution >= 4 is 29.8 Å². The van der Waals surface area contributed by atoms with Crippen molar-refractivity contribution in [2.75, 3.05) is 79.0 Å². The highest BCUT2D eigenvalue weighted by Gasteiger charge is 2.28. The second kappa shape index (κ2) is 15.2. The Labute approximate surface area is 197 Å². The van der Waals surface area contributed by atoms with Crippen LogP contribution in [0.2, 0.25) is 0 Å². The average Bonchev–Trinajstić information content (AvgIpc) is 2.73. The molecular formula is C20H35N5O9. The summed E-state index contributed by atoms with van der Waals surface area (Å²) in [7, 11) is 1.45. The van der Waals surface area contributed by atoms with Crippen molar-refractivity contribution in [1.29, 1.82) is 0 Å². The first-order chi connectivity index (χ1) is 16.0. The Bertz CT molecular complexity index is 689. The molecule has 14 heteroatoms. The number of hydrogen-bond donors (Lipinski definition) is 5. The zero-order chi connectivity index (χ0) is 25.7. The molecule has 0 saturated carbocycles. The fraction of sp³-hybridized carbons (Fsp3) is 0.750. The van der Waals surface area contributed by atoms with Gasteiger partial charge in [0.15, 0.2) is 0 Å². The average molecular weight is 490 g/mol. The number of carboxylic acids is 4. The van der Waals surface area contributed by atoms with Crippen molar-refractivity contribution in [1.82, 2.24) is 24.9 Å². The predicted octanol–water partition coefficient (Wildman–Crippen LogP) is -2.56. The minimum atomic E-state index is -1.13. The van der Waals surface area contributed by atoms with Gasteiger partial charge >= 0.3 is 23.9 Å². The van der Waals surface area contributed by atoms with Crippen molar-refractivity contribution < 1.29 is 44.4 Å². The van der Waals surface area contributed by atoms with E-state index in [9.17, 15) is 44.4 Å². The Morgan fingerprint density at radius 1 is 0.676 bits per heavy atom. The van der Waals surface area contributed by atoms with Crippen LogP contribution in [-0.4, -0.2) is 155 Å². The number of nitrogens with one attached hydrogen (secondary N) is 1. The van der Waals surface area contributed by atoms with Crippen LogP contribution in [0, 0.1) is 0 Å². The van der Waals surface area contributed by atoms with Gasteiger partial charge in [0, 0.05) is 65.8 Å². The van der Waals surface area contributed by atoms with Crippen molar-refractivity contribution in [2.24, 2.45) is 0 Å². The van der Waals surface area contributed by atoms with Gasteiger partial charge < -0.3 is 25.7 Å². The van der Waals surface area contributed by atoms with E-state index in [0.29, 0.717) is 0 Å². The lowest BCUT2D eigenvalue weighted by Crippen LogP contribution is -2.52. The Morgan fingerprint density at radius 3 is 1.32 bits per heavy atom. The molecule has 1 aliphatic heterocycles.